The van der Waals surface area contributed by atoms with Crippen molar-refractivity contribution in [1.82, 2.24) is 9.78 Å². The summed E-state index contributed by atoms with van der Waals surface area (Å²) in [6.07, 6.45) is 1.36. The molecule has 114 valence electrons. The van der Waals surface area contributed by atoms with E-state index in [0.29, 0.717) is 11.3 Å². The maximum absolute atomic E-state index is 11.5. The lowest BCUT2D eigenvalue weighted by Crippen LogP contribution is -2.22. The molecule has 0 spiro atoms. The van der Waals surface area contributed by atoms with Gasteiger partial charge >= 0.3 is 12.0 Å². The number of methoxy groups -OCH3 is 1. The van der Waals surface area contributed by atoms with Gasteiger partial charge in [-0.15, -0.1) is 0 Å². The molecule has 0 aliphatic rings. The maximum atomic E-state index is 11.5. The molecular weight excluding hydrogens is 290 g/mol. The van der Waals surface area contributed by atoms with Crippen LogP contribution in [0.3, 0.4) is 0 Å². The van der Waals surface area contributed by atoms with Crippen LogP contribution in [0.4, 0.5) is 10.5 Å². The van der Waals surface area contributed by atoms with Crippen LogP contribution in [-0.2, 0) is 4.74 Å². The highest BCUT2D eigenvalue weighted by Gasteiger charge is 2.16. The third-order valence-corrected chi connectivity index (χ3v) is 2.74. The van der Waals surface area contributed by atoms with Crippen LogP contribution in [0.2, 0.25) is 0 Å². The zero-order valence-corrected chi connectivity index (χ0v) is 11.6. The maximum Gasteiger partial charge on any atom is 0.337 e. The number of nitrogens with zero attached hydrogens (tertiary/aromatic N) is 2. The summed E-state index contributed by atoms with van der Waals surface area (Å²) in [5.74, 6) is -1.34. The smallest absolute Gasteiger partial charge is 0.337 e. The van der Waals surface area contributed by atoms with Gasteiger partial charge in [0.15, 0.2) is 5.69 Å². The van der Waals surface area contributed by atoms with Crippen molar-refractivity contribution in [1.29, 1.82) is 0 Å². The van der Waals surface area contributed by atoms with E-state index in [9.17, 15) is 14.4 Å². The highest BCUT2D eigenvalue weighted by molar-refractivity contribution is 6.00. The predicted molar refractivity (Wildman–Crippen MR) is 76.6 cm³/mol. The Morgan fingerprint density at radius 3 is 2.59 bits per heavy atom. The number of anilines is 1. The van der Waals surface area contributed by atoms with Gasteiger partial charge in [0.2, 0.25) is 0 Å². The molecule has 3 amide bonds. The van der Waals surface area contributed by atoms with E-state index in [1.165, 1.54) is 24.1 Å². The molecule has 0 saturated heterocycles. The third-order valence-electron chi connectivity index (χ3n) is 2.74. The van der Waals surface area contributed by atoms with Crippen molar-refractivity contribution in [2.24, 2.45) is 11.5 Å². The van der Waals surface area contributed by atoms with Crippen molar-refractivity contribution < 1.29 is 19.1 Å². The quantitative estimate of drug-likeness (QED) is 0.694. The van der Waals surface area contributed by atoms with Crippen LogP contribution in [-0.4, -0.2) is 34.8 Å². The minimum atomic E-state index is -0.856. The molecule has 22 heavy (non-hydrogen) atoms. The number of primary amides is 2. The Bertz CT molecular complexity index is 753. The molecule has 0 aliphatic heterocycles. The van der Waals surface area contributed by atoms with E-state index in [2.05, 4.69) is 15.2 Å². The molecule has 0 radical (unpaired) electrons. The molecule has 0 aliphatic carbocycles. The molecule has 0 atom stereocenters. The molecule has 2 rings (SSSR count). The van der Waals surface area contributed by atoms with Crippen LogP contribution in [0.15, 0.2) is 30.5 Å². The Morgan fingerprint density at radius 1 is 1.27 bits per heavy atom. The standard InChI is InChI=1S/C13H13N5O4/c1-22-12(20)7-3-2-4-8(5-7)18-6-9(16-13(15)21)10(17-18)11(14)19/h2-6H,1H3,(H2,14,19)(H3,15,16,21). The summed E-state index contributed by atoms with van der Waals surface area (Å²) in [5, 5.41) is 6.24. The Balaban J connectivity index is 2.47. The summed E-state index contributed by atoms with van der Waals surface area (Å²) in [4.78, 5) is 33.8. The molecule has 0 unspecified atom stereocenters. The summed E-state index contributed by atoms with van der Waals surface area (Å²) < 4.78 is 5.92. The van der Waals surface area contributed by atoms with E-state index in [0.717, 1.165) is 0 Å². The highest BCUT2D eigenvalue weighted by Crippen LogP contribution is 2.18. The Morgan fingerprint density at radius 2 is 2.00 bits per heavy atom. The minimum absolute atomic E-state index is 0.0727. The number of aromatic nitrogens is 2. The molecule has 1 heterocycles. The van der Waals surface area contributed by atoms with Gasteiger partial charge in [-0.05, 0) is 18.2 Å². The summed E-state index contributed by atoms with van der Waals surface area (Å²) >= 11 is 0. The first-order valence-electron chi connectivity index (χ1n) is 6.07. The number of urea groups is 1. The first-order chi connectivity index (χ1) is 10.4. The van der Waals surface area contributed by atoms with Crippen LogP contribution in [0.1, 0.15) is 20.8 Å². The molecule has 1 aromatic heterocycles. The van der Waals surface area contributed by atoms with Gasteiger partial charge in [0.1, 0.15) is 0 Å². The van der Waals surface area contributed by atoms with Crippen LogP contribution >= 0.6 is 0 Å². The second-order valence-corrected chi connectivity index (χ2v) is 4.23. The number of rotatable bonds is 4. The van der Waals surface area contributed by atoms with E-state index in [4.69, 9.17) is 11.5 Å². The molecule has 2 aromatic rings. The van der Waals surface area contributed by atoms with Crippen molar-refractivity contribution >= 4 is 23.6 Å². The van der Waals surface area contributed by atoms with Crippen LogP contribution in [0, 0.1) is 0 Å². The van der Waals surface area contributed by atoms with Gasteiger partial charge in [0, 0.05) is 0 Å². The van der Waals surface area contributed by atoms with Gasteiger partial charge in [0.05, 0.1) is 30.2 Å². The number of amides is 3. The first kappa shape index (κ1) is 15.0. The second-order valence-electron chi connectivity index (χ2n) is 4.23. The van der Waals surface area contributed by atoms with Crippen molar-refractivity contribution in [3.8, 4) is 5.69 Å². The lowest BCUT2D eigenvalue weighted by Gasteiger charge is -2.03. The van der Waals surface area contributed by atoms with E-state index >= 15 is 0 Å². The van der Waals surface area contributed by atoms with Crippen LogP contribution in [0.5, 0.6) is 0 Å². The van der Waals surface area contributed by atoms with Gasteiger partial charge in [0.25, 0.3) is 5.91 Å². The number of esters is 1. The molecule has 9 nitrogen and oxygen atoms in total. The topological polar surface area (TPSA) is 142 Å². The lowest BCUT2D eigenvalue weighted by atomic mass is 10.2. The van der Waals surface area contributed by atoms with E-state index < -0.39 is 17.9 Å². The molecular formula is C13H13N5O4. The molecule has 0 fully saturated rings. The Kier molecular flexibility index (Phi) is 4.07. The van der Waals surface area contributed by atoms with Crippen molar-refractivity contribution in [3.63, 3.8) is 0 Å². The van der Waals surface area contributed by atoms with Gasteiger partial charge in [-0.2, -0.15) is 5.10 Å². The van der Waals surface area contributed by atoms with Gasteiger partial charge in [-0.3, -0.25) is 4.79 Å². The average Bonchev–Trinajstić information content (AvgIpc) is 2.90. The lowest BCUT2D eigenvalue weighted by molar-refractivity contribution is 0.0600. The summed E-state index contributed by atoms with van der Waals surface area (Å²) in [5.41, 5.74) is 10.9. The Labute approximate surface area is 124 Å². The summed E-state index contributed by atoms with van der Waals surface area (Å²) in [6, 6.07) is 5.49. The number of nitrogens with one attached hydrogen (secondary N) is 1. The fourth-order valence-corrected chi connectivity index (χ4v) is 1.81. The van der Waals surface area contributed by atoms with Crippen molar-refractivity contribution in [2.75, 3.05) is 12.4 Å². The number of hydrogen-bond donors (Lipinski definition) is 3. The third kappa shape index (κ3) is 3.03. The number of nitrogens with two attached hydrogens (primary N) is 2. The van der Waals surface area contributed by atoms with Crippen LogP contribution < -0.4 is 16.8 Å². The molecule has 5 N–H and O–H groups in total. The van der Waals surface area contributed by atoms with E-state index in [1.807, 2.05) is 0 Å². The summed E-state index contributed by atoms with van der Waals surface area (Å²) in [6.45, 7) is 0. The van der Waals surface area contributed by atoms with Gasteiger partial charge < -0.3 is 21.5 Å². The van der Waals surface area contributed by atoms with Crippen molar-refractivity contribution in [2.45, 2.75) is 0 Å². The SMILES string of the molecule is COC(=O)c1cccc(-n2cc(NC(N)=O)c(C(N)=O)n2)c1. The van der Waals surface area contributed by atoms with E-state index in [-0.39, 0.29) is 11.4 Å². The molecule has 1 aromatic carbocycles. The average molecular weight is 303 g/mol. The van der Waals surface area contributed by atoms with E-state index in [1.54, 1.807) is 18.2 Å². The number of carbonyl (C=O) groups excluding carboxylic acids is 3. The monoisotopic (exact) mass is 303 g/mol. The van der Waals surface area contributed by atoms with Crippen molar-refractivity contribution in [3.05, 3.63) is 41.7 Å². The zero-order chi connectivity index (χ0) is 16.3. The number of hydrogen-bond acceptors (Lipinski definition) is 5. The first-order valence-corrected chi connectivity index (χ1v) is 6.07. The second kappa shape index (κ2) is 5.95. The largest absolute Gasteiger partial charge is 0.465 e. The van der Waals surface area contributed by atoms with Crippen LogP contribution in [0.25, 0.3) is 5.69 Å². The van der Waals surface area contributed by atoms with Gasteiger partial charge in [-0.1, -0.05) is 6.07 Å². The Hall–Kier alpha value is -3.36. The number of carbonyl (C=O) groups is 3. The zero-order valence-electron chi connectivity index (χ0n) is 11.6. The normalized spacial score (nSPS) is 10.0. The summed E-state index contributed by atoms with van der Waals surface area (Å²) in [7, 11) is 1.27. The molecule has 9 heteroatoms. The number of benzene rings is 1. The van der Waals surface area contributed by atoms with Gasteiger partial charge in [-0.25, -0.2) is 14.3 Å². The minimum Gasteiger partial charge on any atom is -0.465 e. The highest BCUT2D eigenvalue weighted by atomic mass is 16.5. The molecule has 0 saturated carbocycles. The fraction of sp³-hybridized carbons (Fsp3) is 0.0769. The predicted octanol–water partition coefficient (Wildman–Crippen LogP) is 0.248. The fourth-order valence-electron chi connectivity index (χ4n) is 1.81. The molecule has 0 bridgehead atoms. The number of ether oxygens (including phenoxy) is 1.